The van der Waals surface area contributed by atoms with Crippen LogP contribution in [0, 0.1) is 5.41 Å². The van der Waals surface area contributed by atoms with Crippen molar-refractivity contribution in [2.75, 3.05) is 26.2 Å². The summed E-state index contributed by atoms with van der Waals surface area (Å²) in [5, 5.41) is 17.8. The van der Waals surface area contributed by atoms with Crippen LogP contribution < -0.4 is 5.32 Å². The summed E-state index contributed by atoms with van der Waals surface area (Å²) >= 11 is 0. The molecule has 2 fully saturated rings. The van der Waals surface area contributed by atoms with Gasteiger partial charge in [-0.15, -0.1) is 0 Å². The van der Waals surface area contributed by atoms with Gasteiger partial charge in [0.1, 0.15) is 12.7 Å². The molecule has 3 heterocycles. The van der Waals surface area contributed by atoms with Crippen molar-refractivity contribution in [3.63, 3.8) is 0 Å². The lowest BCUT2D eigenvalue weighted by Crippen LogP contribution is -2.58. The fourth-order valence-corrected chi connectivity index (χ4v) is 3.69. The van der Waals surface area contributed by atoms with Crippen LogP contribution in [0.3, 0.4) is 0 Å². The predicted octanol–water partition coefficient (Wildman–Crippen LogP) is 0.0213. The second-order valence-corrected chi connectivity index (χ2v) is 6.52. The van der Waals surface area contributed by atoms with Gasteiger partial charge in [-0.3, -0.25) is 9.48 Å². The van der Waals surface area contributed by atoms with Crippen LogP contribution in [0.4, 0.5) is 0 Å². The molecule has 3 rings (SSSR count). The number of aliphatic hydroxyl groups is 1. The first kappa shape index (κ1) is 15.4. The van der Waals surface area contributed by atoms with E-state index in [-0.39, 0.29) is 17.4 Å². The molecule has 22 heavy (non-hydrogen) atoms. The van der Waals surface area contributed by atoms with Crippen molar-refractivity contribution in [1.29, 1.82) is 0 Å². The summed E-state index contributed by atoms with van der Waals surface area (Å²) < 4.78 is 1.75. The van der Waals surface area contributed by atoms with Crippen LogP contribution in [0.1, 0.15) is 32.1 Å². The van der Waals surface area contributed by atoms with E-state index in [1.165, 1.54) is 6.33 Å². The Balaban J connectivity index is 1.51. The van der Waals surface area contributed by atoms with Crippen LogP contribution in [0.2, 0.25) is 0 Å². The molecule has 122 valence electrons. The van der Waals surface area contributed by atoms with Gasteiger partial charge in [0, 0.05) is 38.0 Å². The molecule has 1 aromatic rings. The highest BCUT2D eigenvalue weighted by molar-refractivity contribution is 5.76. The van der Waals surface area contributed by atoms with E-state index in [4.69, 9.17) is 0 Å². The first-order valence-electron chi connectivity index (χ1n) is 8.19. The van der Waals surface area contributed by atoms with Gasteiger partial charge >= 0.3 is 0 Å². The summed E-state index contributed by atoms with van der Waals surface area (Å²) in [6.07, 6.45) is 6.95. The van der Waals surface area contributed by atoms with E-state index < -0.39 is 0 Å². The van der Waals surface area contributed by atoms with E-state index in [1.54, 1.807) is 11.0 Å². The molecule has 0 saturated carbocycles. The number of hydrogen-bond acceptors (Lipinski definition) is 5. The molecule has 0 aromatic carbocycles. The molecular formula is C15H25N5O2. The van der Waals surface area contributed by atoms with Crippen molar-refractivity contribution in [1.82, 2.24) is 25.0 Å². The maximum atomic E-state index is 12.4. The Kier molecular flexibility index (Phi) is 4.73. The smallest absolute Gasteiger partial charge is 0.222 e. The predicted molar refractivity (Wildman–Crippen MR) is 81.0 cm³/mol. The number of carbonyl (C=O) groups is 1. The minimum atomic E-state index is -0.292. The molecule has 0 unspecified atom stereocenters. The van der Waals surface area contributed by atoms with Gasteiger partial charge in [-0.05, 0) is 32.2 Å². The third-order valence-electron chi connectivity index (χ3n) is 4.98. The molecule has 0 bridgehead atoms. The van der Waals surface area contributed by atoms with Gasteiger partial charge in [0.25, 0.3) is 0 Å². The minimum Gasteiger partial charge on any atom is -0.392 e. The molecule has 2 aliphatic rings. The third kappa shape index (κ3) is 3.30. The minimum absolute atomic E-state index is 0.141. The van der Waals surface area contributed by atoms with Crippen molar-refractivity contribution in [3.05, 3.63) is 12.7 Å². The highest BCUT2D eigenvalue weighted by atomic mass is 16.3. The number of piperidine rings is 2. The van der Waals surface area contributed by atoms with Gasteiger partial charge in [-0.1, -0.05) is 0 Å². The summed E-state index contributed by atoms with van der Waals surface area (Å²) in [5.41, 5.74) is -0.141. The molecule has 0 radical (unpaired) electrons. The maximum absolute atomic E-state index is 12.4. The summed E-state index contributed by atoms with van der Waals surface area (Å²) in [5.74, 6) is 0.192. The lowest BCUT2D eigenvalue weighted by Gasteiger charge is -2.48. The quantitative estimate of drug-likeness (QED) is 0.819. The molecule has 7 nitrogen and oxygen atoms in total. The zero-order valence-corrected chi connectivity index (χ0v) is 12.9. The van der Waals surface area contributed by atoms with Crippen LogP contribution >= 0.6 is 0 Å². The number of aliphatic hydroxyl groups excluding tert-OH is 1. The Labute approximate surface area is 130 Å². The van der Waals surface area contributed by atoms with E-state index in [0.717, 1.165) is 51.9 Å². The highest BCUT2D eigenvalue weighted by Crippen LogP contribution is 2.36. The van der Waals surface area contributed by atoms with Crippen molar-refractivity contribution < 1.29 is 9.90 Å². The lowest BCUT2D eigenvalue weighted by molar-refractivity contribution is -0.138. The van der Waals surface area contributed by atoms with E-state index in [2.05, 4.69) is 15.4 Å². The number of carbonyl (C=O) groups excluding carboxylic acids is 1. The van der Waals surface area contributed by atoms with Crippen molar-refractivity contribution >= 4 is 5.91 Å². The van der Waals surface area contributed by atoms with Gasteiger partial charge in [-0.2, -0.15) is 5.10 Å². The standard InChI is InChI=1S/C15H25N5O2/c21-13-4-6-16-9-15(13)5-2-7-19(10-15)14(22)3-1-8-20-12-17-11-18-20/h11-13,16,21H,1-10H2/t13-,15-/m0/s1. The molecule has 1 amide bonds. The SMILES string of the molecule is O=C(CCCn1cncn1)N1CCC[C@]2(CNCC[C@@H]2O)C1. The van der Waals surface area contributed by atoms with E-state index in [0.29, 0.717) is 13.0 Å². The van der Waals surface area contributed by atoms with Gasteiger partial charge < -0.3 is 15.3 Å². The lowest BCUT2D eigenvalue weighted by atomic mass is 9.72. The van der Waals surface area contributed by atoms with Gasteiger partial charge in [0.2, 0.25) is 5.91 Å². The number of rotatable bonds is 4. The second-order valence-electron chi connectivity index (χ2n) is 6.52. The van der Waals surface area contributed by atoms with Crippen molar-refractivity contribution in [2.45, 2.75) is 44.8 Å². The van der Waals surface area contributed by atoms with Gasteiger partial charge in [0.05, 0.1) is 6.10 Å². The third-order valence-corrected chi connectivity index (χ3v) is 4.98. The second kappa shape index (κ2) is 6.75. The molecular weight excluding hydrogens is 282 g/mol. The largest absolute Gasteiger partial charge is 0.392 e. The Morgan fingerprint density at radius 3 is 3.18 bits per heavy atom. The van der Waals surface area contributed by atoms with Crippen LogP contribution in [-0.2, 0) is 11.3 Å². The van der Waals surface area contributed by atoms with Crippen LogP contribution in [0.5, 0.6) is 0 Å². The maximum Gasteiger partial charge on any atom is 0.222 e. The average Bonchev–Trinajstić information content (AvgIpc) is 3.04. The molecule has 2 atom stereocenters. The fraction of sp³-hybridized carbons (Fsp3) is 0.800. The first-order chi connectivity index (χ1) is 10.7. The number of aromatic nitrogens is 3. The Bertz CT molecular complexity index is 488. The Morgan fingerprint density at radius 1 is 1.50 bits per heavy atom. The number of nitrogens with one attached hydrogen (secondary N) is 1. The monoisotopic (exact) mass is 307 g/mol. The van der Waals surface area contributed by atoms with Crippen LogP contribution in [-0.4, -0.2) is 63.0 Å². The van der Waals surface area contributed by atoms with E-state index >= 15 is 0 Å². The van der Waals surface area contributed by atoms with Crippen LogP contribution in [0.25, 0.3) is 0 Å². The number of nitrogens with zero attached hydrogens (tertiary/aromatic N) is 4. The van der Waals surface area contributed by atoms with Gasteiger partial charge in [0.15, 0.2) is 0 Å². The molecule has 2 saturated heterocycles. The van der Waals surface area contributed by atoms with E-state index in [1.807, 2.05) is 4.90 Å². The molecule has 0 aliphatic carbocycles. The molecule has 1 spiro atoms. The Hall–Kier alpha value is -1.47. The fourth-order valence-electron chi connectivity index (χ4n) is 3.69. The topological polar surface area (TPSA) is 83.3 Å². The van der Waals surface area contributed by atoms with Gasteiger partial charge in [-0.25, -0.2) is 4.98 Å². The summed E-state index contributed by atoms with van der Waals surface area (Å²) in [6, 6.07) is 0. The normalized spacial score (nSPS) is 29.0. The van der Waals surface area contributed by atoms with Crippen LogP contribution in [0.15, 0.2) is 12.7 Å². The number of hydrogen-bond donors (Lipinski definition) is 2. The molecule has 1 aromatic heterocycles. The highest BCUT2D eigenvalue weighted by Gasteiger charge is 2.43. The Morgan fingerprint density at radius 2 is 2.41 bits per heavy atom. The zero-order valence-electron chi connectivity index (χ0n) is 12.9. The van der Waals surface area contributed by atoms with E-state index in [9.17, 15) is 9.90 Å². The first-order valence-corrected chi connectivity index (χ1v) is 8.19. The summed E-state index contributed by atoms with van der Waals surface area (Å²) in [4.78, 5) is 18.3. The summed E-state index contributed by atoms with van der Waals surface area (Å²) in [7, 11) is 0. The number of amides is 1. The molecule has 7 heteroatoms. The molecule has 2 N–H and O–H groups in total. The van der Waals surface area contributed by atoms with Crippen molar-refractivity contribution in [3.8, 4) is 0 Å². The average molecular weight is 307 g/mol. The molecule has 2 aliphatic heterocycles. The number of likely N-dealkylation sites (tertiary alicyclic amines) is 1. The zero-order chi connectivity index (χ0) is 15.4. The summed E-state index contributed by atoms with van der Waals surface area (Å²) in [6.45, 7) is 3.90. The number of aryl methyl sites for hydroxylation is 1. The van der Waals surface area contributed by atoms with Crippen molar-refractivity contribution in [2.24, 2.45) is 5.41 Å².